The van der Waals surface area contributed by atoms with Gasteiger partial charge in [-0.1, -0.05) is 13.8 Å². The highest BCUT2D eigenvalue weighted by Gasteiger charge is 2.10. The minimum atomic E-state index is -0.491. The van der Waals surface area contributed by atoms with Gasteiger partial charge in [0, 0.05) is 12.1 Å². The predicted octanol–water partition coefficient (Wildman–Crippen LogP) is 0.600. The Hall–Kier alpha value is -2.24. The molecule has 104 valence electrons. The lowest BCUT2D eigenvalue weighted by Crippen LogP contribution is -2.38. The van der Waals surface area contributed by atoms with Gasteiger partial charge >= 0.3 is 0 Å². The maximum Gasteiger partial charge on any atom is 0.251 e. The quantitative estimate of drug-likeness (QED) is 0.586. The molecule has 6 nitrogen and oxygen atoms in total. The first kappa shape index (κ1) is 14.8. The molecule has 19 heavy (non-hydrogen) atoms. The highest BCUT2D eigenvalue weighted by molar-refractivity contribution is 5.96. The molecule has 0 aliphatic rings. The van der Waals surface area contributed by atoms with E-state index in [0.717, 1.165) is 6.07 Å². The number of amides is 2. The average molecular weight is 266 g/mol. The van der Waals surface area contributed by atoms with Crippen molar-refractivity contribution in [3.8, 4) is 11.5 Å². The van der Waals surface area contributed by atoms with Crippen molar-refractivity contribution in [1.29, 1.82) is 0 Å². The third kappa shape index (κ3) is 4.87. The molecule has 4 N–H and O–H groups in total. The Bertz CT molecular complexity index is 472. The number of hydrogen-bond donors (Lipinski definition) is 4. The van der Waals surface area contributed by atoms with E-state index >= 15 is 0 Å². The summed E-state index contributed by atoms with van der Waals surface area (Å²) in [5.41, 5.74) is 0.173. The number of carbonyl (C=O) groups excluding carboxylic acids is 2. The van der Waals surface area contributed by atoms with Gasteiger partial charge in [0.15, 0.2) is 11.5 Å². The van der Waals surface area contributed by atoms with Crippen molar-refractivity contribution >= 4 is 11.8 Å². The number of benzene rings is 1. The molecular formula is C13H18N2O4. The monoisotopic (exact) mass is 266 g/mol. The van der Waals surface area contributed by atoms with Crippen molar-refractivity contribution in [2.75, 3.05) is 13.1 Å². The van der Waals surface area contributed by atoms with E-state index in [1.54, 1.807) is 0 Å². The lowest BCUT2D eigenvalue weighted by Gasteiger charge is -2.09. The molecule has 0 saturated carbocycles. The Labute approximate surface area is 111 Å². The maximum absolute atomic E-state index is 11.7. The van der Waals surface area contributed by atoms with E-state index < -0.39 is 5.91 Å². The minimum absolute atomic E-state index is 0.132. The minimum Gasteiger partial charge on any atom is -0.504 e. The highest BCUT2D eigenvalue weighted by atomic mass is 16.3. The van der Waals surface area contributed by atoms with Gasteiger partial charge in [-0.05, 0) is 24.1 Å². The number of phenols is 2. The topological polar surface area (TPSA) is 98.7 Å². The van der Waals surface area contributed by atoms with Gasteiger partial charge in [0.2, 0.25) is 5.91 Å². The summed E-state index contributed by atoms with van der Waals surface area (Å²) >= 11 is 0. The summed E-state index contributed by atoms with van der Waals surface area (Å²) in [6.45, 7) is 4.36. The van der Waals surface area contributed by atoms with Crippen molar-refractivity contribution in [2.24, 2.45) is 5.92 Å². The van der Waals surface area contributed by atoms with Crippen molar-refractivity contribution < 1.29 is 19.8 Å². The molecule has 0 radical (unpaired) electrons. The Morgan fingerprint density at radius 1 is 1.16 bits per heavy atom. The van der Waals surface area contributed by atoms with Crippen LogP contribution in [0, 0.1) is 5.92 Å². The van der Waals surface area contributed by atoms with E-state index in [4.69, 9.17) is 5.11 Å². The van der Waals surface area contributed by atoms with Crippen LogP contribution in [-0.4, -0.2) is 35.1 Å². The first-order chi connectivity index (χ1) is 8.90. The van der Waals surface area contributed by atoms with Gasteiger partial charge < -0.3 is 20.8 Å². The summed E-state index contributed by atoms with van der Waals surface area (Å²) in [5.74, 6) is -1.10. The highest BCUT2D eigenvalue weighted by Crippen LogP contribution is 2.24. The smallest absolute Gasteiger partial charge is 0.251 e. The SMILES string of the molecule is CC(C)CNC(=O)CNC(=O)c1ccc(O)c(O)c1. The average Bonchev–Trinajstić information content (AvgIpc) is 2.36. The van der Waals surface area contributed by atoms with Crippen molar-refractivity contribution in [3.05, 3.63) is 23.8 Å². The number of phenolic OH excluding ortho intramolecular Hbond substituents is 2. The molecule has 0 unspecified atom stereocenters. The molecule has 0 aromatic heterocycles. The van der Waals surface area contributed by atoms with E-state index in [-0.39, 0.29) is 29.5 Å². The first-order valence-corrected chi connectivity index (χ1v) is 5.97. The molecule has 2 amide bonds. The van der Waals surface area contributed by atoms with Gasteiger partial charge in [-0.3, -0.25) is 9.59 Å². The molecule has 0 heterocycles. The van der Waals surface area contributed by atoms with Crippen LogP contribution in [0.15, 0.2) is 18.2 Å². The van der Waals surface area contributed by atoms with E-state index in [9.17, 15) is 14.7 Å². The Morgan fingerprint density at radius 3 is 2.42 bits per heavy atom. The van der Waals surface area contributed by atoms with Crippen LogP contribution < -0.4 is 10.6 Å². The first-order valence-electron chi connectivity index (χ1n) is 5.97. The lowest BCUT2D eigenvalue weighted by molar-refractivity contribution is -0.120. The summed E-state index contributed by atoms with van der Waals surface area (Å²) in [6.07, 6.45) is 0. The number of nitrogens with one attached hydrogen (secondary N) is 2. The standard InChI is InChI=1S/C13H18N2O4/c1-8(2)6-14-12(18)7-15-13(19)9-3-4-10(16)11(17)5-9/h3-5,8,16-17H,6-7H2,1-2H3,(H,14,18)(H,15,19). The van der Waals surface area contributed by atoms with Crippen LogP contribution >= 0.6 is 0 Å². The van der Waals surface area contributed by atoms with Crippen LogP contribution in [0.25, 0.3) is 0 Å². The van der Waals surface area contributed by atoms with Crippen molar-refractivity contribution in [3.63, 3.8) is 0 Å². The number of hydrogen-bond acceptors (Lipinski definition) is 4. The number of carbonyl (C=O) groups is 2. The Morgan fingerprint density at radius 2 is 1.84 bits per heavy atom. The zero-order chi connectivity index (χ0) is 14.4. The summed E-state index contributed by atoms with van der Waals surface area (Å²) in [6, 6.07) is 3.70. The fraction of sp³-hybridized carbons (Fsp3) is 0.385. The lowest BCUT2D eigenvalue weighted by atomic mass is 10.2. The van der Waals surface area contributed by atoms with Gasteiger partial charge in [-0.15, -0.1) is 0 Å². The second kappa shape index (κ2) is 6.63. The van der Waals surface area contributed by atoms with Crippen molar-refractivity contribution in [2.45, 2.75) is 13.8 Å². The second-order valence-corrected chi connectivity index (χ2v) is 4.58. The molecule has 0 aliphatic heterocycles. The fourth-order valence-corrected chi connectivity index (χ4v) is 1.31. The van der Waals surface area contributed by atoms with Crippen LogP contribution in [0.3, 0.4) is 0 Å². The molecule has 0 bridgehead atoms. The van der Waals surface area contributed by atoms with E-state index in [1.807, 2.05) is 13.8 Å². The molecule has 6 heteroatoms. The fourth-order valence-electron chi connectivity index (χ4n) is 1.31. The van der Waals surface area contributed by atoms with Crippen molar-refractivity contribution in [1.82, 2.24) is 10.6 Å². The molecule has 0 saturated heterocycles. The maximum atomic E-state index is 11.7. The number of rotatable bonds is 5. The van der Waals surface area contributed by atoms with Gasteiger partial charge in [-0.2, -0.15) is 0 Å². The molecular weight excluding hydrogens is 248 g/mol. The van der Waals surface area contributed by atoms with Gasteiger partial charge in [-0.25, -0.2) is 0 Å². The zero-order valence-corrected chi connectivity index (χ0v) is 10.9. The molecule has 1 aromatic rings. The molecule has 1 aromatic carbocycles. The van der Waals surface area contributed by atoms with Crippen LogP contribution in [-0.2, 0) is 4.79 Å². The van der Waals surface area contributed by atoms with Crippen LogP contribution in [0.1, 0.15) is 24.2 Å². The normalized spacial score (nSPS) is 10.3. The largest absolute Gasteiger partial charge is 0.504 e. The molecule has 1 rings (SSSR count). The summed E-state index contributed by atoms with van der Waals surface area (Å²) < 4.78 is 0. The molecule has 0 fully saturated rings. The summed E-state index contributed by atoms with van der Waals surface area (Å²) in [4.78, 5) is 23.1. The third-order valence-electron chi connectivity index (χ3n) is 2.35. The van der Waals surface area contributed by atoms with Gasteiger partial charge in [0.1, 0.15) is 0 Å². The third-order valence-corrected chi connectivity index (χ3v) is 2.35. The number of aromatic hydroxyl groups is 2. The zero-order valence-electron chi connectivity index (χ0n) is 10.9. The van der Waals surface area contributed by atoms with Gasteiger partial charge in [0.25, 0.3) is 5.91 Å². The molecule has 0 spiro atoms. The predicted molar refractivity (Wildman–Crippen MR) is 70.0 cm³/mol. The van der Waals surface area contributed by atoms with Crippen LogP contribution in [0.4, 0.5) is 0 Å². The van der Waals surface area contributed by atoms with Crippen LogP contribution in [0.5, 0.6) is 11.5 Å². The summed E-state index contributed by atoms with van der Waals surface area (Å²) in [7, 11) is 0. The second-order valence-electron chi connectivity index (χ2n) is 4.58. The van der Waals surface area contributed by atoms with Crippen LogP contribution in [0.2, 0.25) is 0 Å². The Kier molecular flexibility index (Phi) is 5.17. The summed E-state index contributed by atoms with van der Waals surface area (Å²) in [5, 5.41) is 23.5. The Balaban J connectivity index is 2.47. The van der Waals surface area contributed by atoms with E-state index in [1.165, 1.54) is 12.1 Å². The van der Waals surface area contributed by atoms with E-state index in [0.29, 0.717) is 12.5 Å². The molecule has 0 atom stereocenters. The van der Waals surface area contributed by atoms with E-state index in [2.05, 4.69) is 10.6 Å². The van der Waals surface area contributed by atoms with Gasteiger partial charge in [0.05, 0.1) is 6.54 Å². The molecule has 0 aliphatic carbocycles.